The van der Waals surface area contributed by atoms with Gasteiger partial charge in [0.1, 0.15) is 0 Å². The molecule has 0 aromatic heterocycles. The highest BCUT2D eigenvalue weighted by Gasteiger charge is 2.13. The zero-order valence-electron chi connectivity index (χ0n) is 11.1. The SMILES string of the molecule is CC=CC(=O)N(CCC#N)c1cc(C)cc(C)c1. The molecule has 0 N–H and O–H groups in total. The Morgan fingerprint density at radius 2 is 1.94 bits per heavy atom. The number of hydrogen-bond donors (Lipinski definition) is 0. The van der Waals surface area contributed by atoms with E-state index in [-0.39, 0.29) is 5.91 Å². The molecule has 0 heterocycles. The van der Waals surface area contributed by atoms with Crippen molar-refractivity contribution in [1.82, 2.24) is 0 Å². The number of amides is 1. The van der Waals surface area contributed by atoms with Crippen molar-refractivity contribution >= 4 is 11.6 Å². The Morgan fingerprint density at radius 1 is 1.33 bits per heavy atom. The van der Waals surface area contributed by atoms with Crippen LogP contribution in [0.2, 0.25) is 0 Å². The first-order valence-corrected chi connectivity index (χ1v) is 5.98. The van der Waals surface area contributed by atoms with E-state index in [0.717, 1.165) is 16.8 Å². The molecule has 0 bridgehead atoms. The molecule has 1 rings (SSSR count). The van der Waals surface area contributed by atoms with E-state index in [9.17, 15) is 4.79 Å². The van der Waals surface area contributed by atoms with Crippen molar-refractivity contribution in [3.8, 4) is 6.07 Å². The standard InChI is InChI=1S/C15H18N2O/c1-4-6-15(18)17(8-5-7-16)14-10-12(2)9-13(3)11-14/h4,6,9-11H,5,8H2,1-3H3. The van der Waals surface area contributed by atoms with Gasteiger partial charge >= 0.3 is 0 Å². The fourth-order valence-corrected chi connectivity index (χ4v) is 1.87. The third-order valence-electron chi connectivity index (χ3n) is 2.54. The van der Waals surface area contributed by atoms with Crippen molar-refractivity contribution in [2.24, 2.45) is 0 Å². The van der Waals surface area contributed by atoms with E-state index in [1.807, 2.05) is 32.9 Å². The van der Waals surface area contributed by atoms with Gasteiger partial charge in [-0.3, -0.25) is 4.79 Å². The largest absolute Gasteiger partial charge is 0.308 e. The molecule has 0 saturated carbocycles. The molecule has 0 aliphatic heterocycles. The van der Waals surface area contributed by atoms with Crippen LogP contribution in [0.3, 0.4) is 0 Å². The number of nitriles is 1. The van der Waals surface area contributed by atoms with E-state index in [4.69, 9.17) is 5.26 Å². The summed E-state index contributed by atoms with van der Waals surface area (Å²) >= 11 is 0. The minimum Gasteiger partial charge on any atom is -0.308 e. The first kappa shape index (κ1) is 14.0. The van der Waals surface area contributed by atoms with Crippen LogP contribution in [0.4, 0.5) is 5.69 Å². The van der Waals surface area contributed by atoms with E-state index >= 15 is 0 Å². The van der Waals surface area contributed by atoms with E-state index in [1.54, 1.807) is 11.0 Å². The van der Waals surface area contributed by atoms with Crippen LogP contribution in [0.5, 0.6) is 0 Å². The van der Waals surface area contributed by atoms with Crippen LogP contribution in [0.1, 0.15) is 24.5 Å². The molecule has 0 fully saturated rings. The fraction of sp³-hybridized carbons (Fsp3) is 0.333. The number of aryl methyl sites for hydroxylation is 2. The van der Waals surface area contributed by atoms with Crippen molar-refractivity contribution in [2.75, 3.05) is 11.4 Å². The molecule has 0 saturated heterocycles. The van der Waals surface area contributed by atoms with E-state index in [0.29, 0.717) is 13.0 Å². The topological polar surface area (TPSA) is 44.1 Å². The summed E-state index contributed by atoms with van der Waals surface area (Å²) in [7, 11) is 0. The van der Waals surface area contributed by atoms with Gasteiger partial charge in [-0.05, 0) is 50.1 Å². The van der Waals surface area contributed by atoms with Gasteiger partial charge in [-0.15, -0.1) is 0 Å². The fourth-order valence-electron chi connectivity index (χ4n) is 1.87. The lowest BCUT2D eigenvalue weighted by Crippen LogP contribution is -2.30. The summed E-state index contributed by atoms with van der Waals surface area (Å²) in [6.45, 7) is 6.22. The predicted molar refractivity (Wildman–Crippen MR) is 73.3 cm³/mol. The number of carbonyl (C=O) groups excluding carboxylic acids is 1. The highest BCUT2D eigenvalue weighted by atomic mass is 16.2. The van der Waals surface area contributed by atoms with Gasteiger partial charge in [-0.2, -0.15) is 5.26 Å². The zero-order valence-corrected chi connectivity index (χ0v) is 11.1. The molecule has 0 spiro atoms. The lowest BCUT2D eigenvalue weighted by atomic mass is 10.1. The van der Waals surface area contributed by atoms with Gasteiger partial charge in [-0.1, -0.05) is 12.1 Å². The quantitative estimate of drug-likeness (QED) is 0.761. The van der Waals surface area contributed by atoms with Crippen molar-refractivity contribution in [2.45, 2.75) is 27.2 Å². The van der Waals surface area contributed by atoms with Gasteiger partial charge in [0.25, 0.3) is 5.91 Å². The highest BCUT2D eigenvalue weighted by molar-refractivity contribution is 6.01. The third kappa shape index (κ3) is 3.74. The Morgan fingerprint density at radius 3 is 2.44 bits per heavy atom. The maximum Gasteiger partial charge on any atom is 0.250 e. The maximum atomic E-state index is 12.0. The molecule has 1 amide bonds. The monoisotopic (exact) mass is 242 g/mol. The van der Waals surface area contributed by atoms with E-state index in [1.165, 1.54) is 6.08 Å². The Hall–Kier alpha value is -2.08. The summed E-state index contributed by atoms with van der Waals surface area (Å²) in [5.41, 5.74) is 3.08. The second-order valence-corrected chi connectivity index (χ2v) is 4.24. The predicted octanol–water partition coefficient (Wildman–Crippen LogP) is 3.13. The minimum absolute atomic E-state index is 0.0854. The van der Waals surface area contributed by atoms with Crippen molar-refractivity contribution < 1.29 is 4.79 Å². The Labute approximate surface area is 108 Å². The first-order chi connectivity index (χ1) is 8.58. The Kier molecular flexibility index (Phi) is 5.13. The van der Waals surface area contributed by atoms with Gasteiger partial charge < -0.3 is 4.90 Å². The second-order valence-electron chi connectivity index (χ2n) is 4.24. The van der Waals surface area contributed by atoms with Gasteiger partial charge in [0.05, 0.1) is 12.5 Å². The number of benzene rings is 1. The molecule has 3 heteroatoms. The summed E-state index contributed by atoms with van der Waals surface area (Å²) < 4.78 is 0. The summed E-state index contributed by atoms with van der Waals surface area (Å²) in [5, 5.41) is 8.68. The number of nitrogens with zero attached hydrogens (tertiary/aromatic N) is 2. The average Bonchev–Trinajstić information content (AvgIpc) is 2.28. The van der Waals surface area contributed by atoms with E-state index < -0.39 is 0 Å². The molecule has 0 unspecified atom stereocenters. The number of rotatable bonds is 4. The molecular weight excluding hydrogens is 224 g/mol. The molecule has 18 heavy (non-hydrogen) atoms. The molecule has 0 aliphatic rings. The number of hydrogen-bond acceptors (Lipinski definition) is 2. The molecule has 0 radical (unpaired) electrons. The van der Waals surface area contributed by atoms with Crippen LogP contribution >= 0.6 is 0 Å². The third-order valence-corrected chi connectivity index (χ3v) is 2.54. The number of anilines is 1. The summed E-state index contributed by atoms with van der Waals surface area (Å²) in [6.07, 6.45) is 3.57. The van der Waals surface area contributed by atoms with Crippen LogP contribution in [0.25, 0.3) is 0 Å². The van der Waals surface area contributed by atoms with Crippen molar-refractivity contribution in [3.63, 3.8) is 0 Å². The van der Waals surface area contributed by atoms with Crippen LogP contribution in [0, 0.1) is 25.2 Å². The Bertz CT molecular complexity index is 477. The number of carbonyl (C=O) groups is 1. The van der Waals surface area contributed by atoms with Gasteiger partial charge in [0, 0.05) is 12.2 Å². The van der Waals surface area contributed by atoms with Crippen molar-refractivity contribution in [3.05, 3.63) is 41.5 Å². The minimum atomic E-state index is -0.0854. The molecule has 94 valence electrons. The smallest absolute Gasteiger partial charge is 0.250 e. The second kappa shape index (κ2) is 6.61. The first-order valence-electron chi connectivity index (χ1n) is 5.98. The van der Waals surface area contributed by atoms with Gasteiger partial charge in [0.15, 0.2) is 0 Å². The summed E-state index contributed by atoms with van der Waals surface area (Å²) in [4.78, 5) is 13.6. The van der Waals surface area contributed by atoms with Gasteiger partial charge in [0.2, 0.25) is 0 Å². The number of allylic oxidation sites excluding steroid dienone is 1. The summed E-state index contributed by atoms with van der Waals surface area (Å²) in [6, 6.07) is 8.07. The molecular formula is C15H18N2O. The normalized spacial score (nSPS) is 10.3. The van der Waals surface area contributed by atoms with Gasteiger partial charge in [-0.25, -0.2) is 0 Å². The maximum absolute atomic E-state index is 12.0. The molecule has 1 aromatic carbocycles. The van der Waals surface area contributed by atoms with Crippen LogP contribution in [0.15, 0.2) is 30.4 Å². The van der Waals surface area contributed by atoms with Crippen molar-refractivity contribution in [1.29, 1.82) is 5.26 Å². The molecule has 3 nitrogen and oxygen atoms in total. The Balaban J connectivity index is 3.08. The molecule has 1 aromatic rings. The summed E-state index contributed by atoms with van der Waals surface area (Å²) in [5.74, 6) is -0.0854. The van der Waals surface area contributed by atoms with E-state index in [2.05, 4.69) is 12.1 Å². The highest BCUT2D eigenvalue weighted by Crippen LogP contribution is 2.19. The lowest BCUT2D eigenvalue weighted by molar-refractivity contribution is -0.114. The molecule has 0 atom stereocenters. The van der Waals surface area contributed by atoms with Crippen LogP contribution < -0.4 is 4.90 Å². The van der Waals surface area contributed by atoms with Crippen LogP contribution in [-0.4, -0.2) is 12.5 Å². The van der Waals surface area contributed by atoms with Crippen LogP contribution in [-0.2, 0) is 4.79 Å². The molecule has 0 aliphatic carbocycles. The zero-order chi connectivity index (χ0) is 13.5. The average molecular weight is 242 g/mol. The lowest BCUT2D eigenvalue weighted by Gasteiger charge is -2.21.